The van der Waals surface area contributed by atoms with Gasteiger partial charge in [0.15, 0.2) is 5.65 Å². The minimum atomic E-state index is -0.993. The molecule has 0 fully saturated rings. The Hall–Kier alpha value is -4.81. The highest BCUT2D eigenvalue weighted by atomic mass is 16.5. The number of rotatable bonds is 12. The van der Waals surface area contributed by atoms with Crippen molar-refractivity contribution in [3.63, 3.8) is 0 Å². The van der Waals surface area contributed by atoms with Crippen LogP contribution in [0.1, 0.15) is 49.5 Å². The Bertz CT molecular complexity index is 1400. The molecule has 39 heavy (non-hydrogen) atoms. The molecule has 2 aromatic heterocycles. The number of carbonyl (C=O) groups excluding carboxylic acids is 4. The number of hydrogen-bond donors (Lipinski definition) is 4. The van der Waals surface area contributed by atoms with E-state index in [0.717, 1.165) is 0 Å². The summed E-state index contributed by atoms with van der Waals surface area (Å²) in [6, 6.07) is 7.20. The van der Waals surface area contributed by atoms with E-state index in [4.69, 9.17) is 9.47 Å². The molecule has 0 aliphatic carbocycles. The third kappa shape index (κ3) is 8.35. The number of esters is 2. The van der Waals surface area contributed by atoms with Gasteiger partial charge in [0.1, 0.15) is 6.04 Å². The van der Waals surface area contributed by atoms with Crippen LogP contribution in [-0.2, 0) is 30.4 Å². The zero-order chi connectivity index (χ0) is 28.4. The Morgan fingerprint density at radius 1 is 1.05 bits per heavy atom. The first-order valence-electron chi connectivity index (χ1n) is 12.3. The minimum Gasteiger partial charge on any atom is -0.466 e. The van der Waals surface area contributed by atoms with Crippen molar-refractivity contribution >= 4 is 46.4 Å². The van der Waals surface area contributed by atoms with Gasteiger partial charge in [0.05, 0.1) is 18.6 Å². The lowest BCUT2D eigenvalue weighted by Gasteiger charge is -2.17. The molecule has 0 radical (unpaired) electrons. The zero-order valence-corrected chi connectivity index (χ0v) is 21.8. The molecule has 3 rings (SSSR count). The third-order valence-corrected chi connectivity index (χ3v) is 5.37. The molecular formula is C26H30N6O7. The second kappa shape index (κ2) is 13.7. The standard InChI is InChI=1S/C26H30N6O7/c1-4-38-21(34)11-10-20(25(37)39-5-2)30-23(35)17-6-8-18(9-7-17)27-13-16-12-19-22(28-14-16)31-26(29-15(3)33)32-24(19)36/h6-9,12,14,20,27H,4-5,10-11,13H2,1-3H3,(H,30,35)(H2,28,29,31,32,33,36)/t20-/m0/s1. The number of hydrogen-bond acceptors (Lipinski definition) is 10. The van der Waals surface area contributed by atoms with Crippen LogP contribution < -0.4 is 21.5 Å². The molecule has 0 spiro atoms. The monoisotopic (exact) mass is 538 g/mol. The van der Waals surface area contributed by atoms with Gasteiger partial charge >= 0.3 is 11.9 Å². The van der Waals surface area contributed by atoms with Crippen LogP contribution in [0.3, 0.4) is 0 Å². The number of anilines is 2. The molecule has 1 aromatic carbocycles. The summed E-state index contributed by atoms with van der Waals surface area (Å²) in [5, 5.41) is 8.49. The first kappa shape index (κ1) is 28.8. The van der Waals surface area contributed by atoms with Crippen molar-refractivity contribution < 1.29 is 28.7 Å². The van der Waals surface area contributed by atoms with Gasteiger partial charge in [0.2, 0.25) is 11.9 Å². The molecule has 4 N–H and O–H groups in total. The fraction of sp³-hybridized carbons (Fsp3) is 0.346. The van der Waals surface area contributed by atoms with Gasteiger partial charge in [-0.2, -0.15) is 4.98 Å². The highest BCUT2D eigenvalue weighted by Crippen LogP contribution is 2.14. The van der Waals surface area contributed by atoms with Crippen molar-refractivity contribution in [3.8, 4) is 0 Å². The molecule has 0 saturated carbocycles. The first-order chi connectivity index (χ1) is 18.7. The Labute approximate surface area is 223 Å². The normalized spacial score (nSPS) is 11.4. The van der Waals surface area contributed by atoms with Gasteiger partial charge < -0.3 is 20.1 Å². The Morgan fingerprint density at radius 3 is 2.44 bits per heavy atom. The molecule has 13 nitrogen and oxygen atoms in total. The van der Waals surface area contributed by atoms with Crippen LogP contribution in [0, 0.1) is 0 Å². The van der Waals surface area contributed by atoms with Crippen LogP contribution in [0.2, 0.25) is 0 Å². The molecule has 2 heterocycles. The fourth-order valence-corrected chi connectivity index (χ4v) is 3.56. The summed E-state index contributed by atoms with van der Waals surface area (Å²) in [5.74, 6) is -1.93. The fourth-order valence-electron chi connectivity index (χ4n) is 3.56. The van der Waals surface area contributed by atoms with Gasteiger partial charge in [-0.1, -0.05) is 0 Å². The average Bonchev–Trinajstić information content (AvgIpc) is 2.90. The largest absolute Gasteiger partial charge is 0.466 e. The maximum absolute atomic E-state index is 12.7. The maximum Gasteiger partial charge on any atom is 0.328 e. The molecule has 206 valence electrons. The van der Waals surface area contributed by atoms with Crippen LogP contribution in [0.4, 0.5) is 11.6 Å². The number of pyridine rings is 1. The molecule has 2 amide bonds. The molecule has 0 aliphatic rings. The number of fused-ring (bicyclic) bond motifs is 1. The van der Waals surface area contributed by atoms with Crippen LogP contribution in [0.5, 0.6) is 0 Å². The molecule has 3 aromatic rings. The summed E-state index contributed by atoms with van der Waals surface area (Å²) in [6.07, 6.45) is 1.57. The van der Waals surface area contributed by atoms with Crippen molar-refractivity contribution in [3.05, 3.63) is 58.0 Å². The second-order valence-electron chi connectivity index (χ2n) is 8.36. The third-order valence-electron chi connectivity index (χ3n) is 5.37. The van der Waals surface area contributed by atoms with Crippen molar-refractivity contribution in [1.29, 1.82) is 0 Å². The minimum absolute atomic E-state index is 0.0232. The van der Waals surface area contributed by atoms with Crippen LogP contribution in [0.15, 0.2) is 41.3 Å². The highest BCUT2D eigenvalue weighted by molar-refractivity contribution is 5.97. The lowest BCUT2D eigenvalue weighted by Crippen LogP contribution is -2.42. The lowest BCUT2D eigenvalue weighted by molar-refractivity contribution is -0.146. The van der Waals surface area contributed by atoms with Gasteiger partial charge in [-0.25, -0.2) is 9.78 Å². The number of aromatic nitrogens is 3. The Morgan fingerprint density at radius 2 is 1.77 bits per heavy atom. The molecule has 0 aliphatic heterocycles. The predicted molar refractivity (Wildman–Crippen MR) is 142 cm³/mol. The lowest BCUT2D eigenvalue weighted by atomic mass is 10.1. The number of nitrogens with zero attached hydrogens (tertiary/aromatic N) is 2. The van der Waals surface area contributed by atoms with Crippen LogP contribution >= 0.6 is 0 Å². The van der Waals surface area contributed by atoms with Crippen molar-refractivity contribution in [2.45, 2.75) is 46.2 Å². The quantitative estimate of drug-likeness (QED) is 0.249. The van der Waals surface area contributed by atoms with Gasteiger partial charge in [0.25, 0.3) is 11.5 Å². The van der Waals surface area contributed by atoms with Gasteiger partial charge in [0, 0.05) is 37.3 Å². The summed E-state index contributed by atoms with van der Waals surface area (Å²) in [6.45, 7) is 5.34. The van der Waals surface area contributed by atoms with Crippen molar-refractivity contribution in [2.24, 2.45) is 0 Å². The van der Waals surface area contributed by atoms with Gasteiger partial charge in [-0.3, -0.25) is 29.5 Å². The summed E-state index contributed by atoms with van der Waals surface area (Å²) < 4.78 is 9.90. The van der Waals surface area contributed by atoms with Crippen molar-refractivity contribution in [1.82, 2.24) is 20.3 Å². The topological polar surface area (TPSA) is 181 Å². The van der Waals surface area contributed by atoms with E-state index in [1.54, 1.807) is 50.4 Å². The first-order valence-corrected chi connectivity index (χ1v) is 12.3. The number of amides is 2. The number of H-pyrrole nitrogens is 1. The average molecular weight is 539 g/mol. The summed E-state index contributed by atoms with van der Waals surface area (Å²) in [4.78, 5) is 71.1. The van der Waals surface area contributed by atoms with E-state index in [1.165, 1.54) is 6.92 Å². The molecular weight excluding hydrogens is 508 g/mol. The number of nitrogens with one attached hydrogen (secondary N) is 4. The maximum atomic E-state index is 12.7. The highest BCUT2D eigenvalue weighted by Gasteiger charge is 2.24. The second-order valence-corrected chi connectivity index (χ2v) is 8.36. The molecule has 0 bridgehead atoms. The Balaban J connectivity index is 1.62. The van der Waals surface area contributed by atoms with Crippen molar-refractivity contribution in [2.75, 3.05) is 23.8 Å². The van der Waals surface area contributed by atoms with E-state index >= 15 is 0 Å². The number of benzene rings is 1. The summed E-state index contributed by atoms with van der Waals surface area (Å²) in [7, 11) is 0. The zero-order valence-electron chi connectivity index (χ0n) is 21.8. The summed E-state index contributed by atoms with van der Waals surface area (Å²) >= 11 is 0. The smallest absolute Gasteiger partial charge is 0.328 e. The number of carbonyl (C=O) groups is 4. The van der Waals surface area contributed by atoms with E-state index in [9.17, 15) is 24.0 Å². The van der Waals surface area contributed by atoms with Crippen LogP contribution in [0.25, 0.3) is 11.0 Å². The predicted octanol–water partition coefficient (Wildman–Crippen LogP) is 1.89. The molecule has 0 unspecified atom stereocenters. The van der Waals surface area contributed by atoms with E-state index in [-0.39, 0.29) is 48.9 Å². The molecule has 13 heteroatoms. The Kier molecular flexibility index (Phi) is 10.1. The van der Waals surface area contributed by atoms with E-state index in [2.05, 4.69) is 30.9 Å². The molecule has 1 atom stereocenters. The van der Waals surface area contributed by atoms with E-state index in [1.807, 2.05) is 0 Å². The molecule has 0 saturated heterocycles. The number of ether oxygens (including phenoxy) is 2. The van der Waals surface area contributed by atoms with Gasteiger partial charge in [-0.05, 0) is 56.2 Å². The summed E-state index contributed by atoms with van der Waals surface area (Å²) in [5.41, 5.74) is 1.49. The number of aromatic amines is 1. The van der Waals surface area contributed by atoms with Gasteiger partial charge in [-0.15, -0.1) is 0 Å². The SMILES string of the molecule is CCOC(=O)CC[C@H](NC(=O)c1ccc(NCc2cnc3nc(NC(C)=O)[nH]c(=O)c3c2)cc1)C(=O)OCC. The van der Waals surface area contributed by atoms with E-state index in [0.29, 0.717) is 23.4 Å². The van der Waals surface area contributed by atoms with Crippen LogP contribution in [-0.4, -0.2) is 58.0 Å². The van der Waals surface area contributed by atoms with E-state index < -0.39 is 29.4 Å².